The largest absolute Gasteiger partial charge is 0.486 e. The molecule has 1 unspecified atom stereocenters. The van der Waals surface area contributed by atoms with Crippen molar-refractivity contribution >= 4 is 23.1 Å². The number of benzene rings is 1. The topological polar surface area (TPSA) is 61.3 Å². The van der Waals surface area contributed by atoms with Gasteiger partial charge in [-0.15, -0.1) is 11.8 Å². The molecule has 0 spiro atoms. The number of fused-ring (bicyclic) bond motifs is 1. The van der Waals surface area contributed by atoms with Gasteiger partial charge in [0.15, 0.2) is 5.75 Å². The van der Waals surface area contributed by atoms with Crippen molar-refractivity contribution in [3.05, 3.63) is 12.1 Å². The van der Waals surface area contributed by atoms with Gasteiger partial charge in [-0.1, -0.05) is 6.92 Å². The number of nitrogen functional groups attached to an aromatic ring is 2. The van der Waals surface area contributed by atoms with Crippen LogP contribution in [0.2, 0.25) is 0 Å². The van der Waals surface area contributed by atoms with Crippen molar-refractivity contribution in [1.82, 2.24) is 0 Å². The number of thioether (sulfide) groups is 1. The summed E-state index contributed by atoms with van der Waals surface area (Å²) >= 11 is 1.73. The number of anilines is 2. The molecule has 0 saturated heterocycles. The van der Waals surface area contributed by atoms with E-state index in [1.54, 1.807) is 17.8 Å². The SMILES string of the molecule is CCC1CSc2c(N)ccc(N)c2O1. The summed E-state index contributed by atoms with van der Waals surface area (Å²) in [4.78, 5) is 0.995. The summed E-state index contributed by atoms with van der Waals surface area (Å²) in [6.45, 7) is 2.11. The Morgan fingerprint density at radius 1 is 1.43 bits per heavy atom. The molecule has 1 aliphatic heterocycles. The van der Waals surface area contributed by atoms with Gasteiger partial charge in [0.05, 0.1) is 10.6 Å². The fraction of sp³-hybridized carbons (Fsp3) is 0.400. The van der Waals surface area contributed by atoms with E-state index in [1.807, 2.05) is 6.07 Å². The van der Waals surface area contributed by atoms with Crippen LogP contribution < -0.4 is 16.2 Å². The third kappa shape index (κ3) is 1.50. The molecule has 0 radical (unpaired) electrons. The second-order valence-corrected chi connectivity index (χ2v) is 4.39. The van der Waals surface area contributed by atoms with Crippen molar-refractivity contribution in [3.8, 4) is 5.75 Å². The molecule has 76 valence electrons. The molecule has 0 bridgehead atoms. The van der Waals surface area contributed by atoms with Crippen LogP contribution in [-0.2, 0) is 0 Å². The van der Waals surface area contributed by atoms with Crippen LogP contribution in [0.4, 0.5) is 11.4 Å². The summed E-state index contributed by atoms with van der Waals surface area (Å²) in [5, 5.41) is 0. The van der Waals surface area contributed by atoms with Crippen LogP contribution in [0.25, 0.3) is 0 Å². The van der Waals surface area contributed by atoms with Gasteiger partial charge in [-0.2, -0.15) is 0 Å². The maximum absolute atomic E-state index is 5.84. The molecule has 0 amide bonds. The maximum atomic E-state index is 5.84. The minimum atomic E-state index is 0.261. The van der Waals surface area contributed by atoms with Crippen molar-refractivity contribution in [1.29, 1.82) is 0 Å². The second kappa shape index (κ2) is 3.61. The average molecular weight is 210 g/mol. The molecule has 4 heteroatoms. The Morgan fingerprint density at radius 2 is 2.14 bits per heavy atom. The molecule has 1 atom stereocenters. The first kappa shape index (κ1) is 9.52. The number of hydrogen-bond donors (Lipinski definition) is 2. The van der Waals surface area contributed by atoms with Crippen molar-refractivity contribution in [2.24, 2.45) is 0 Å². The highest BCUT2D eigenvalue weighted by Gasteiger charge is 2.22. The molecule has 1 aromatic carbocycles. The number of nitrogens with two attached hydrogens (primary N) is 2. The van der Waals surface area contributed by atoms with E-state index in [0.717, 1.165) is 28.5 Å². The van der Waals surface area contributed by atoms with Crippen molar-refractivity contribution in [3.63, 3.8) is 0 Å². The summed E-state index contributed by atoms with van der Waals surface area (Å²) in [5.74, 6) is 1.73. The molecule has 0 aromatic heterocycles. The average Bonchev–Trinajstić information content (AvgIpc) is 2.23. The first-order valence-corrected chi connectivity index (χ1v) is 5.68. The highest BCUT2D eigenvalue weighted by molar-refractivity contribution is 7.99. The summed E-state index contributed by atoms with van der Waals surface area (Å²) in [7, 11) is 0. The lowest BCUT2D eigenvalue weighted by Gasteiger charge is -2.26. The molecule has 1 heterocycles. The smallest absolute Gasteiger partial charge is 0.158 e. The molecule has 3 nitrogen and oxygen atoms in total. The molecule has 0 fully saturated rings. The first-order valence-electron chi connectivity index (χ1n) is 4.69. The molecule has 0 saturated carbocycles. The van der Waals surface area contributed by atoms with E-state index in [4.69, 9.17) is 16.2 Å². The predicted octanol–water partition coefficient (Wildman–Crippen LogP) is 2.11. The van der Waals surface area contributed by atoms with Gasteiger partial charge in [0, 0.05) is 11.4 Å². The summed E-state index contributed by atoms with van der Waals surface area (Å²) in [6, 6.07) is 3.63. The zero-order valence-corrected chi connectivity index (χ0v) is 8.93. The van der Waals surface area contributed by atoms with Gasteiger partial charge < -0.3 is 16.2 Å². The van der Waals surface area contributed by atoms with E-state index in [2.05, 4.69) is 6.92 Å². The summed E-state index contributed by atoms with van der Waals surface area (Å²) < 4.78 is 5.77. The van der Waals surface area contributed by atoms with Crippen LogP contribution >= 0.6 is 11.8 Å². The van der Waals surface area contributed by atoms with E-state index < -0.39 is 0 Å². The predicted molar refractivity (Wildman–Crippen MR) is 60.7 cm³/mol. The minimum Gasteiger partial charge on any atom is -0.486 e. The lowest BCUT2D eigenvalue weighted by molar-refractivity contribution is 0.213. The van der Waals surface area contributed by atoms with E-state index in [1.165, 1.54) is 0 Å². The zero-order valence-electron chi connectivity index (χ0n) is 8.12. The van der Waals surface area contributed by atoms with Gasteiger partial charge >= 0.3 is 0 Å². The Hall–Kier alpha value is -1.03. The van der Waals surface area contributed by atoms with Gasteiger partial charge in [0.25, 0.3) is 0 Å². The van der Waals surface area contributed by atoms with Crippen LogP contribution in [0.15, 0.2) is 17.0 Å². The molecular weight excluding hydrogens is 196 g/mol. The van der Waals surface area contributed by atoms with Crippen molar-refractivity contribution in [2.75, 3.05) is 17.2 Å². The lowest BCUT2D eigenvalue weighted by atomic mass is 10.2. The Morgan fingerprint density at radius 3 is 2.86 bits per heavy atom. The normalized spacial score (nSPS) is 19.9. The van der Waals surface area contributed by atoms with E-state index in [0.29, 0.717) is 5.69 Å². The van der Waals surface area contributed by atoms with Gasteiger partial charge in [-0.05, 0) is 18.6 Å². The van der Waals surface area contributed by atoms with Gasteiger partial charge in [0.2, 0.25) is 0 Å². The Bertz CT molecular complexity index is 354. The van der Waals surface area contributed by atoms with Gasteiger partial charge in [-0.3, -0.25) is 0 Å². The lowest BCUT2D eigenvalue weighted by Crippen LogP contribution is -2.23. The van der Waals surface area contributed by atoms with Crippen molar-refractivity contribution in [2.45, 2.75) is 24.3 Å². The molecule has 1 aliphatic rings. The highest BCUT2D eigenvalue weighted by atomic mass is 32.2. The Labute approximate surface area is 87.8 Å². The first-order chi connectivity index (χ1) is 6.72. The second-order valence-electron chi connectivity index (χ2n) is 3.36. The molecule has 1 aromatic rings. The van der Waals surface area contributed by atoms with Gasteiger partial charge in [-0.25, -0.2) is 0 Å². The van der Waals surface area contributed by atoms with Crippen molar-refractivity contribution < 1.29 is 4.74 Å². The third-order valence-electron chi connectivity index (χ3n) is 2.33. The number of rotatable bonds is 1. The van der Waals surface area contributed by atoms with Crippen LogP contribution in [0, 0.1) is 0 Å². The number of ether oxygens (including phenoxy) is 1. The minimum absolute atomic E-state index is 0.261. The van der Waals surface area contributed by atoms with E-state index in [-0.39, 0.29) is 6.10 Å². The monoisotopic (exact) mass is 210 g/mol. The number of hydrogen-bond acceptors (Lipinski definition) is 4. The van der Waals surface area contributed by atoms with Crippen LogP contribution in [0.5, 0.6) is 5.75 Å². The van der Waals surface area contributed by atoms with Crippen LogP contribution in [0.3, 0.4) is 0 Å². The summed E-state index contributed by atoms with van der Waals surface area (Å²) in [6.07, 6.45) is 1.26. The zero-order chi connectivity index (χ0) is 10.1. The highest BCUT2D eigenvalue weighted by Crippen LogP contribution is 2.43. The fourth-order valence-electron chi connectivity index (χ4n) is 1.44. The summed E-state index contributed by atoms with van der Waals surface area (Å²) in [5.41, 5.74) is 13.1. The Kier molecular flexibility index (Phi) is 2.46. The van der Waals surface area contributed by atoms with Crippen LogP contribution in [-0.4, -0.2) is 11.9 Å². The molecular formula is C10H14N2OS. The van der Waals surface area contributed by atoms with E-state index >= 15 is 0 Å². The maximum Gasteiger partial charge on any atom is 0.158 e. The standard InChI is InChI=1S/C10H14N2OS/c1-2-6-5-14-10-8(12)4-3-7(11)9(10)13-6/h3-4,6H,2,5,11-12H2,1H3. The quantitative estimate of drug-likeness (QED) is 0.697. The third-order valence-corrected chi connectivity index (χ3v) is 3.57. The van der Waals surface area contributed by atoms with E-state index in [9.17, 15) is 0 Å². The molecule has 0 aliphatic carbocycles. The molecule has 2 rings (SSSR count). The van der Waals surface area contributed by atoms with Gasteiger partial charge in [0.1, 0.15) is 6.10 Å². The van der Waals surface area contributed by atoms with Crippen LogP contribution in [0.1, 0.15) is 13.3 Å². The molecule has 14 heavy (non-hydrogen) atoms. The molecule has 4 N–H and O–H groups in total. The Balaban J connectivity index is 2.40. The fourth-order valence-corrected chi connectivity index (χ4v) is 2.63.